The molecule has 2 aromatic rings. The van der Waals surface area contributed by atoms with E-state index in [0.717, 1.165) is 17.4 Å². The van der Waals surface area contributed by atoms with E-state index in [4.69, 9.17) is 9.47 Å². The van der Waals surface area contributed by atoms with Crippen molar-refractivity contribution >= 4 is 12.3 Å². The number of esters is 1. The summed E-state index contributed by atoms with van der Waals surface area (Å²) in [6.07, 6.45) is 0.781. The molecule has 114 valence electrons. The van der Waals surface area contributed by atoms with Crippen LogP contribution in [0.5, 0.6) is 5.75 Å². The van der Waals surface area contributed by atoms with Crippen molar-refractivity contribution in [1.82, 2.24) is 0 Å². The van der Waals surface area contributed by atoms with E-state index in [2.05, 4.69) is 0 Å². The van der Waals surface area contributed by atoms with Crippen LogP contribution in [0.25, 0.3) is 11.1 Å². The molecule has 0 radical (unpaired) electrons. The van der Waals surface area contributed by atoms with Gasteiger partial charge in [0.15, 0.2) is 0 Å². The second kappa shape index (κ2) is 6.89. The lowest BCUT2D eigenvalue weighted by molar-refractivity contribution is 0.0601. The molecule has 0 aliphatic carbocycles. The minimum Gasteiger partial charge on any atom is -0.493 e. The number of hydrogen-bond donors (Lipinski definition) is 0. The maximum atomic E-state index is 12.1. The molecule has 0 heterocycles. The van der Waals surface area contributed by atoms with Gasteiger partial charge >= 0.3 is 5.97 Å². The van der Waals surface area contributed by atoms with Crippen molar-refractivity contribution in [2.45, 2.75) is 13.8 Å². The van der Waals surface area contributed by atoms with Gasteiger partial charge in [0.2, 0.25) is 0 Å². The Morgan fingerprint density at radius 1 is 1.18 bits per heavy atom. The highest BCUT2D eigenvalue weighted by Crippen LogP contribution is 2.36. The summed E-state index contributed by atoms with van der Waals surface area (Å²) in [4.78, 5) is 23.3. The van der Waals surface area contributed by atoms with E-state index in [9.17, 15) is 9.59 Å². The van der Waals surface area contributed by atoms with Crippen LogP contribution in [0.2, 0.25) is 0 Å². The van der Waals surface area contributed by atoms with Crippen molar-refractivity contribution in [2.75, 3.05) is 13.7 Å². The van der Waals surface area contributed by atoms with Gasteiger partial charge in [-0.25, -0.2) is 4.79 Å². The summed E-state index contributed by atoms with van der Waals surface area (Å²) in [5.74, 6) is 0.225. The largest absolute Gasteiger partial charge is 0.493 e. The van der Waals surface area contributed by atoms with Gasteiger partial charge in [-0.15, -0.1) is 0 Å². The third-order valence-electron chi connectivity index (χ3n) is 3.50. The lowest BCUT2D eigenvalue weighted by atomic mass is 9.91. The lowest BCUT2D eigenvalue weighted by Crippen LogP contribution is -2.07. The number of benzene rings is 2. The van der Waals surface area contributed by atoms with Crippen LogP contribution in [0.15, 0.2) is 36.4 Å². The molecule has 0 unspecified atom stereocenters. The van der Waals surface area contributed by atoms with E-state index in [1.54, 1.807) is 12.1 Å². The predicted octanol–water partition coefficient (Wildman–Crippen LogP) is 3.66. The molecule has 0 fully saturated rings. The number of hydrogen-bond acceptors (Lipinski definition) is 4. The molecule has 22 heavy (non-hydrogen) atoms. The molecule has 0 amide bonds. The summed E-state index contributed by atoms with van der Waals surface area (Å²) in [5, 5.41) is 0. The van der Waals surface area contributed by atoms with E-state index < -0.39 is 5.97 Å². The van der Waals surface area contributed by atoms with Crippen LogP contribution < -0.4 is 4.74 Å². The predicted molar refractivity (Wildman–Crippen MR) is 84.5 cm³/mol. The van der Waals surface area contributed by atoms with Gasteiger partial charge in [0.25, 0.3) is 0 Å². The maximum Gasteiger partial charge on any atom is 0.338 e. The summed E-state index contributed by atoms with van der Waals surface area (Å²) < 4.78 is 10.5. The fraction of sp³-hybridized carbons (Fsp3) is 0.222. The van der Waals surface area contributed by atoms with Crippen molar-refractivity contribution in [1.29, 1.82) is 0 Å². The zero-order valence-electron chi connectivity index (χ0n) is 12.9. The second-order valence-corrected chi connectivity index (χ2v) is 4.74. The van der Waals surface area contributed by atoms with Crippen LogP contribution in [0.1, 0.15) is 33.2 Å². The molecule has 2 rings (SSSR count). The first-order valence-electron chi connectivity index (χ1n) is 7.03. The smallest absolute Gasteiger partial charge is 0.338 e. The van der Waals surface area contributed by atoms with Crippen molar-refractivity contribution in [3.63, 3.8) is 0 Å². The molecule has 0 saturated carbocycles. The summed E-state index contributed by atoms with van der Waals surface area (Å²) in [7, 11) is 1.34. The molecule has 0 saturated heterocycles. The van der Waals surface area contributed by atoms with Crippen LogP contribution in [-0.4, -0.2) is 26.0 Å². The quantitative estimate of drug-likeness (QED) is 0.624. The molecule has 0 spiro atoms. The number of carbonyl (C=O) groups is 2. The monoisotopic (exact) mass is 298 g/mol. The van der Waals surface area contributed by atoms with Crippen LogP contribution in [0, 0.1) is 6.92 Å². The SMILES string of the molecule is CCOc1ccccc1-c1c(C(=O)OC)ccc(C=O)c1C. The maximum absolute atomic E-state index is 12.1. The third-order valence-corrected chi connectivity index (χ3v) is 3.50. The van der Waals surface area contributed by atoms with E-state index in [1.807, 2.05) is 38.1 Å². The third kappa shape index (κ3) is 2.86. The zero-order valence-corrected chi connectivity index (χ0v) is 12.9. The number of carbonyl (C=O) groups excluding carboxylic acids is 2. The summed E-state index contributed by atoms with van der Waals surface area (Å²) in [5.41, 5.74) is 3.11. The first-order chi connectivity index (χ1) is 10.6. The topological polar surface area (TPSA) is 52.6 Å². The van der Waals surface area contributed by atoms with E-state index >= 15 is 0 Å². The second-order valence-electron chi connectivity index (χ2n) is 4.74. The molecule has 0 bridgehead atoms. The van der Waals surface area contributed by atoms with Gasteiger partial charge < -0.3 is 9.47 Å². The first-order valence-corrected chi connectivity index (χ1v) is 7.03. The van der Waals surface area contributed by atoms with Gasteiger partial charge in [0, 0.05) is 16.7 Å². The van der Waals surface area contributed by atoms with E-state index in [-0.39, 0.29) is 0 Å². The molecule has 2 aromatic carbocycles. The summed E-state index contributed by atoms with van der Waals surface area (Å²) >= 11 is 0. The molecular formula is C18H18O4. The number of rotatable bonds is 5. The average Bonchev–Trinajstić information content (AvgIpc) is 2.55. The lowest BCUT2D eigenvalue weighted by Gasteiger charge is -2.16. The molecule has 0 N–H and O–H groups in total. The number of para-hydroxylation sites is 1. The van der Waals surface area contributed by atoms with Crippen molar-refractivity contribution in [2.24, 2.45) is 0 Å². The number of methoxy groups -OCH3 is 1. The van der Waals surface area contributed by atoms with Gasteiger partial charge in [-0.1, -0.05) is 24.3 Å². The highest BCUT2D eigenvalue weighted by atomic mass is 16.5. The van der Waals surface area contributed by atoms with Gasteiger partial charge in [-0.3, -0.25) is 4.79 Å². The minimum absolute atomic E-state index is 0.415. The molecule has 0 aliphatic rings. The van der Waals surface area contributed by atoms with Crippen molar-refractivity contribution in [3.05, 3.63) is 53.1 Å². The summed E-state index contributed by atoms with van der Waals surface area (Å²) in [6.45, 7) is 4.22. The molecule has 0 atom stereocenters. The van der Waals surface area contributed by atoms with Crippen molar-refractivity contribution < 1.29 is 19.1 Å². The Bertz CT molecular complexity index is 704. The molecule has 0 aliphatic heterocycles. The van der Waals surface area contributed by atoms with Crippen LogP contribution in [0.4, 0.5) is 0 Å². The Hall–Kier alpha value is -2.62. The highest BCUT2D eigenvalue weighted by molar-refractivity contribution is 6.01. The Kier molecular flexibility index (Phi) is 4.94. The standard InChI is InChI=1S/C18H18O4/c1-4-22-16-8-6-5-7-14(16)17-12(2)13(11-19)9-10-15(17)18(20)21-3/h5-11H,4H2,1-3H3. The first kappa shape index (κ1) is 15.8. The fourth-order valence-electron chi connectivity index (χ4n) is 2.44. The van der Waals surface area contributed by atoms with E-state index in [0.29, 0.717) is 29.0 Å². The number of aldehydes is 1. The Labute approximate surface area is 129 Å². The van der Waals surface area contributed by atoms with Crippen LogP contribution in [-0.2, 0) is 4.74 Å². The molecule has 4 nitrogen and oxygen atoms in total. The Balaban J connectivity index is 2.77. The minimum atomic E-state index is -0.443. The number of ether oxygens (including phenoxy) is 2. The average molecular weight is 298 g/mol. The van der Waals surface area contributed by atoms with Crippen LogP contribution >= 0.6 is 0 Å². The van der Waals surface area contributed by atoms with Gasteiger partial charge in [-0.2, -0.15) is 0 Å². The fourth-order valence-corrected chi connectivity index (χ4v) is 2.44. The zero-order chi connectivity index (χ0) is 16.1. The van der Waals surface area contributed by atoms with Crippen LogP contribution in [0.3, 0.4) is 0 Å². The molecule has 4 heteroatoms. The normalized spacial score (nSPS) is 10.1. The Morgan fingerprint density at radius 3 is 2.55 bits per heavy atom. The highest BCUT2D eigenvalue weighted by Gasteiger charge is 2.20. The van der Waals surface area contributed by atoms with Gasteiger partial charge in [0.05, 0.1) is 19.3 Å². The van der Waals surface area contributed by atoms with E-state index in [1.165, 1.54) is 7.11 Å². The molecular weight excluding hydrogens is 280 g/mol. The van der Waals surface area contributed by atoms with Gasteiger partial charge in [-0.05, 0) is 31.5 Å². The van der Waals surface area contributed by atoms with Gasteiger partial charge in [0.1, 0.15) is 12.0 Å². The Morgan fingerprint density at radius 2 is 1.91 bits per heavy atom. The molecule has 0 aromatic heterocycles. The summed E-state index contributed by atoms with van der Waals surface area (Å²) in [6, 6.07) is 10.7. The van der Waals surface area contributed by atoms with Crippen molar-refractivity contribution in [3.8, 4) is 16.9 Å².